The molecular weight excluding hydrogens is 572 g/mol. The van der Waals surface area contributed by atoms with Crippen LogP contribution in [0, 0.1) is 0 Å². The molecule has 44 heavy (non-hydrogen) atoms. The Labute approximate surface area is 264 Å². The second kappa shape index (κ2) is 22.9. The molecule has 0 spiro atoms. The van der Waals surface area contributed by atoms with Crippen molar-refractivity contribution in [3.05, 3.63) is 0 Å². The van der Waals surface area contributed by atoms with E-state index in [0.717, 1.165) is 12.8 Å². The Hall–Kier alpha value is -0.520. The summed E-state index contributed by atoms with van der Waals surface area (Å²) in [5.41, 5.74) is 23.5. The highest BCUT2D eigenvalue weighted by Gasteiger charge is 2.45. The van der Waals surface area contributed by atoms with Crippen molar-refractivity contribution < 1.29 is 44.1 Å². The molecule has 13 nitrogen and oxygen atoms in total. The lowest BCUT2D eigenvalue weighted by molar-refractivity contribution is -0.294. The van der Waals surface area contributed by atoms with E-state index in [1.165, 1.54) is 77.0 Å². The fourth-order valence-corrected chi connectivity index (χ4v) is 5.70. The molecule has 0 aliphatic carbocycles. The molecule has 13 heteroatoms. The van der Waals surface area contributed by atoms with E-state index < -0.39 is 67.4 Å². The van der Waals surface area contributed by atoms with Gasteiger partial charge in [0.25, 0.3) is 0 Å². The summed E-state index contributed by atoms with van der Waals surface area (Å²) in [6, 6.07) is -2.05. The maximum Gasteiger partial charge on any atom is 0.176 e. The number of nitrogens with two attached hydrogens (primary N) is 4. The Morgan fingerprint density at radius 3 is 1.50 bits per heavy atom. The maximum atomic E-state index is 10.4. The molecule has 0 aromatic heterocycles. The number of unbranched alkanes of at least 4 members (excludes halogenated alkanes) is 13. The zero-order chi connectivity index (χ0) is 32.3. The van der Waals surface area contributed by atoms with Gasteiger partial charge in [0, 0.05) is 19.7 Å². The number of ether oxygens (including phenoxy) is 5. The zero-order valence-corrected chi connectivity index (χ0v) is 26.9. The Morgan fingerprint density at radius 1 is 0.591 bits per heavy atom. The van der Waals surface area contributed by atoms with Crippen LogP contribution in [0.2, 0.25) is 0 Å². The van der Waals surface area contributed by atoms with E-state index in [1.807, 2.05) is 0 Å². The van der Waals surface area contributed by atoms with Crippen molar-refractivity contribution in [3.8, 4) is 0 Å². The van der Waals surface area contributed by atoms with Crippen LogP contribution in [0.3, 0.4) is 0 Å². The van der Waals surface area contributed by atoms with Crippen LogP contribution in [-0.4, -0.2) is 121 Å². The summed E-state index contributed by atoms with van der Waals surface area (Å²) in [5.74, 6) is 0. The van der Waals surface area contributed by atoms with Gasteiger partial charge in [0.05, 0.1) is 25.3 Å². The number of hydrogen-bond acceptors (Lipinski definition) is 13. The molecule has 2 heterocycles. The van der Waals surface area contributed by atoms with Gasteiger partial charge in [0.15, 0.2) is 12.6 Å². The van der Waals surface area contributed by atoms with Gasteiger partial charge in [-0.25, -0.2) is 0 Å². The van der Waals surface area contributed by atoms with Crippen LogP contribution in [0.5, 0.6) is 0 Å². The van der Waals surface area contributed by atoms with Crippen molar-refractivity contribution in [2.45, 2.75) is 164 Å². The standard InChI is InChI=1S/C31H64N4O9/c1-2-3-4-5-6-7-8-9-10-11-12-13-14-15-16-40-19-21(42-31-25(35)29(39)27(37)23(18-33)44-31)20-41-30-24(34)28(38)26(36)22(17-32)43-30/h21-31,36-39H,2-20,32-35H2,1H3/t21-,22-,23-,24-,25-,26-,27-,28-,29-,30-,31-/m1/s1. The van der Waals surface area contributed by atoms with Crippen LogP contribution < -0.4 is 22.9 Å². The van der Waals surface area contributed by atoms with E-state index in [0.29, 0.717) is 6.61 Å². The highest BCUT2D eigenvalue weighted by atomic mass is 16.7. The van der Waals surface area contributed by atoms with Gasteiger partial charge >= 0.3 is 0 Å². The molecule has 2 aliphatic heterocycles. The number of rotatable bonds is 24. The van der Waals surface area contributed by atoms with E-state index in [4.69, 9.17) is 46.6 Å². The van der Waals surface area contributed by atoms with Gasteiger partial charge < -0.3 is 67.0 Å². The molecule has 2 rings (SSSR count). The van der Waals surface area contributed by atoms with Gasteiger partial charge in [-0.2, -0.15) is 0 Å². The molecule has 262 valence electrons. The number of aliphatic hydroxyl groups is 4. The molecule has 0 bridgehead atoms. The summed E-state index contributed by atoms with van der Waals surface area (Å²) in [6.07, 6.45) is 8.23. The van der Waals surface area contributed by atoms with Crippen LogP contribution in [0.15, 0.2) is 0 Å². The average Bonchev–Trinajstić information content (AvgIpc) is 3.02. The van der Waals surface area contributed by atoms with Gasteiger partial charge in [0.1, 0.15) is 42.7 Å². The topological polar surface area (TPSA) is 231 Å². The first kappa shape index (κ1) is 39.7. The summed E-state index contributed by atoms with van der Waals surface area (Å²) in [5, 5.41) is 41.0. The molecule has 0 aromatic rings. The third-order valence-electron chi connectivity index (χ3n) is 8.68. The summed E-state index contributed by atoms with van der Waals surface area (Å²) >= 11 is 0. The zero-order valence-electron chi connectivity index (χ0n) is 26.9. The molecule has 0 aromatic carbocycles. The van der Waals surface area contributed by atoms with Crippen LogP contribution in [0.25, 0.3) is 0 Å². The van der Waals surface area contributed by atoms with Gasteiger partial charge in [-0.15, -0.1) is 0 Å². The molecular formula is C31H64N4O9. The summed E-state index contributed by atoms with van der Waals surface area (Å²) in [6.45, 7) is 2.78. The van der Waals surface area contributed by atoms with Crippen LogP contribution in [0.1, 0.15) is 96.8 Å². The Bertz CT molecular complexity index is 711. The van der Waals surface area contributed by atoms with Crippen molar-refractivity contribution in [1.29, 1.82) is 0 Å². The third-order valence-corrected chi connectivity index (χ3v) is 8.68. The highest BCUT2D eigenvalue weighted by Crippen LogP contribution is 2.24. The minimum atomic E-state index is -1.29. The normalized spacial score (nSPS) is 33.5. The fourth-order valence-electron chi connectivity index (χ4n) is 5.70. The molecule has 2 saturated heterocycles. The molecule has 2 aliphatic rings. The van der Waals surface area contributed by atoms with Gasteiger partial charge in [-0.05, 0) is 6.42 Å². The van der Waals surface area contributed by atoms with Crippen LogP contribution in [0.4, 0.5) is 0 Å². The summed E-state index contributed by atoms with van der Waals surface area (Å²) in [4.78, 5) is 0. The van der Waals surface area contributed by atoms with Crippen molar-refractivity contribution in [3.63, 3.8) is 0 Å². The molecule has 0 radical (unpaired) electrons. The molecule has 11 atom stereocenters. The average molecular weight is 637 g/mol. The first-order valence-electron chi connectivity index (χ1n) is 17.0. The molecule has 0 unspecified atom stereocenters. The predicted molar refractivity (Wildman–Crippen MR) is 167 cm³/mol. The van der Waals surface area contributed by atoms with Gasteiger partial charge in [-0.3, -0.25) is 0 Å². The summed E-state index contributed by atoms with van der Waals surface area (Å²) in [7, 11) is 0. The number of hydrogen-bond donors (Lipinski definition) is 8. The fraction of sp³-hybridized carbons (Fsp3) is 1.00. The number of aliphatic hydroxyl groups excluding tert-OH is 4. The van der Waals surface area contributed by atoms with Crippen molar-refractivity contribution in [2.24, 2.45) is 22.9 Å². The Balaban J connectivity index is 1.73. The van der Waals surface area contributed by atoms with Gasteiger partial charge in [0.2, 0.25) is 0 Å². The van der Waals surface area contributed by atoms with Crippen molar-refractivity contribution in [2.75, 3.05) is 32.9 Å². The summed E-state index contributed by atoms with van der Waals surface area (Å²) < 4.78 is 29.2. The second-order valence-electron chi connectivity index (χ2n) is 12.4. The van der Waals surface area contributed by atoms with E-state index in [1.54, 1.807) is 0 Å². The first-order valence-corrected chi connectivity index (χ1v) is 17.0. The van der Waals surface area contributed by atoms with Gasteiger partial charge in [-0.1, -0.05) is 90.4 Å². The smallest absolute Gasteiger partial charge is 0.176 e. The molecule has 0 amide bonds. The van der Waals surface area contributed by atoms with E-state index in [9.17, 15) is 20.4 Å². The quantitative estimate of drug-likeness (QED) is 0.0669. The second-order valence-corrected chi connectivity index (χ2v) is 12.4. The lowest BCUT2D eigenvalue weighted by atomic mass is 9.97. The lowest BCUT2D eigenvalue weighted by Crippen LogP contribution is -2.64. The van der Waals surface area contributed by atoms with Crippen molar-refractivity contribution >= 4 is 0 Å². The van der Waals surface area contributed by atoms with E-state index in [-0.39, 0.29) is 26.3 Å². The largest absolute Gasteiger partial charge is 0.388 e. The van der Waals surface area contributed by atoms with Crippen molar-refractivity contribution in [1.82, 2.24) is 0 Å². The minimum absolute atomic E-state index is 0.0293. The van der Waals surface area contributed by atoms with Crippen LogP contribution in [-0.2, 0) is 23.7 Å². The molecule has 2 fully saturated rings. The predicted octanol–water partition coefficient (Wildman–Crippen LogP) is 0.352. The lowest BCUT2D eigenvalue weighted by Gasteiger charge is -2.42. The first-order chi connectivity index (χ1) is 21.2. The monoisotopic (exact) mass is 636 g/mol. The Morgan fingerprint density at radius 2 is 1.02 bits per heavy atom. The minimum Gasteiger partial charge on any atom is -0.388 e. The highest BCUT2D eigenvalue weighted by molar-refractivity contribution is 4.93. The van der Waals surface area contributed by atoms with E-state index in [2.05, 4.69) is 6.92 Å². The maximum absolute atomic E-state index is 10.4. The third kappa shape index (κ3) is 13.7. The molecule has 12 N–H and O–H groups in total. The Kier molecular flexibility index (Phi) is 20.7. The van der Waals surface area contributed by atoms with Crippen LogP contribution >= 0.6 is 0 Å². The van der Waals surface area contributed by atoms with E-state index >= 15 is 0 Å². The SMILES string of the molecule is CCCCCCCCCCCCCCCCOC[C@H](CO[C@@H]1O[C@H](CN)[C@@H](O)[C@H](O)[C@H]1N)O[C@@H]1O[C@H](CN)[C@@H](O)[C@H](O)[C@H]1N. The molecule has 0 saturated carbocycles.